The molecule has 0 aliphatic rings. The van der Waals surface area contributed by atoms with Gasteiger partial charge >= 0.3 is 6.03 Å². The van der Waals surface area contributed by atoms with Gasteiger partial charge in [-0.05, 0) is 30.3 Å². The van der Waals surface area contributed by atoms with Crippen LogP contribution in [0.5, 0.6) is 0 Å². The van der Waals surface area contributed by atoms with Crippen LogP contribution in [0.3, 0.4) is 0 Å². The number of primary sulfonamides is 1. The van der Waals surface area contributed by atoms with Crippen LogP contribution in [0.4, 0.5) is 9.18 Å². The highest BCUT2D eigenvalue weighted by Gasteiger charge is 2.26. The number of nitrogens with two attached hydrogens (primary N) is 2. The maximum absolute atomic E-state index is 13.3. The van der Waals surface area contributed by atoms with Crippen molar-refractivity contribution in [3.8, 4) is 22.4 Å². The summed E-state index contributed by atoms with van der Waals surface area (Å²) in [6.07, 6.45) is 0. The Labute approximate surface area is 159 Å². The van der Waals surface area contributed by atoms with E-state index in [-0.39, 0.29) is 32.5 Å². The number of nitrogens with zero attached hydrogens (tertiary/aromatic N) is 2. The number of hydroxylamine groups is 2. The maximum Gasteiger partial charge on any atom is 0.338 e. The molecule has 3 aromatic rings. The van der Waals surface area contributed by atoms with Crippen molar-refractivity contribution < 1.29 is 27.3 Å². The van der Waals surface area contributed by atoms with Gasteiger partial charge in [0.05, 0.1) is 10.5 Å². The zero-order valence-corrected chi connectivity index (χ0v) is 15.1. The molecule has 0 spiro atoms. The fourth-order valence-corrected chi connectivity index (χ4v) is 3.39. The average molecular weight is 406 g/mol. The summed E-state index contributed by atoms with van der Waals surface area (Å²) < 4.78 is 42.6. The van der Waals surface area contributed by atoms with Crippen molar-refractivity contribution in [2.75, 3.05) is 0 Å². The molecule has 0 atom stereocenters. The van der Waals surface area contributed by atoms with Crippen molar-refractivity contribution in [1.29, 1.82) is 0 Å². The Kier molecular flexibility index (Phi) is 5.14. The number of aromatic nitrogens is 1. The quantitative estimate of drug-likeness (QED) is 0.435. The number of benzene rings is 2. The topological polar surface area (TPSA) is 153 Å². The predicted molar refractivity (Wildman–Crippen MR) is 95.6 cm³/mol. The van der Waals surface area contributed by atoms with Crippen LogP contribution in [-0.4, -0.2) is 29.9 Å². The first-order chi connectivity index (χ1) is 13.2. The first-order valence-electron chi connectivity index (χ1n) is 7.81. The van der Waals surface area contributed by atoms with Crippen LogP contribution >= 0.6 is 0 Å². The summed E-state index contributed by atoms with van der Waals surface area (Å²) in [6.45, 7) is -0.502. The highest BCUT2D eigenvalue weighted by molar-refractivity contribution is 7.89. The van der Waals surface area contributed by atoms with Gasteiger partial charge in [0.15, 0.2) is 5.76 Å². The van der Waals surface area contributed by atoms with Gasteiger partial charge in [-0.3, -0.25) is 5.21 Å². The largest absolute Gasteiger partial charge is 0.358 e. The van der Waals surface area contributed by atoms with E-state index in [1.54, 1.807) is 6.07 Å². The van der Waals surface area contributed by atoms with Crippen LogP contribution in [-0.2, 0) is 16.6 Å². The second kappa shape index (κ2) is 7.38. The van der Waals surface area contributed by atoms with Crippen LogP contribution in [0.1, 0.15) is 5.76 Å². The Balaban J connectivity index is 2.27. The fraction of sp³-hybridized carbons (Fsp3) is 0.0588. The minimum absolute atomic E-state index is 0.0447. The molecule has 1 heterocycles. The number of primary amides is 1. The minimum Gasteiger partial charge on any atom is -0.358 e. The standard InChI is InChI=1S/C17H15FN4O5S/c18-11-7-5-10(6-8-11)16-15(13(27-21-16)9-22(24)17(19)23)12-3-1-2-4-14(12)28(20,25)26/h1-8,24H,9H2,(H2,19,23)(H2,20,25,26). The molecule has 2 aromatic carbocycles. The Bertz CT molecular complexity index is 1130. The van der Waals surface area contributed by atoms with Gasteiger partial charge in [-0.15, -0.1) is 0 Å². The van der Waals surface area contributed by atoms with E-state index < -0.39 is 28.4 Å². The third kappa shape index (κ3) is 3.86. The van der Waals surface area contributed by atoms with Gasteiger partial charge in [0.2, 0.25) is 10.0 Å². The van der Waals surface area contributed by atoms with Crippen LogP contribution < -0.4 is 10.9 Å². The summed E-state index contributed by atoms with van der Waals surface area (Å²) in [6, 6.07) is 9.90. The molecule has 11 heteroatoms. The number of carbonyl (C=O) groups is 1. The van der Waals surface area contributed by atoms with Crippen molar-refractivity contribution in [3.05, 3.63) is 60.1 Å². The third-order valence-corrected chi connectivity index (χ3v) is 4.86. The highest BCUT2D eigenvalue weighted by atomic mass is 32.2. The van der Waals surface area contributed by atoms with E-state index in [4.69, 9.17) is 15.4 Å². The SMILES string of the molecule is NC(=O)N(O)Cc1onc(-c2ccc(F)cc2)c1-c1ccccc1S(N)(=O)=O. The van der Waals surface area contributed by atoms with E-state index in [1.807, 2.05) is 0 Å². The fourth-order valence-electron chi connectivity index (χ4n) is 2.65. The van der Waals surface area contributed by atoms with Gasteiger partial charge < -0.3 is 10.3 Å². The lowest BCUT2D eigenvalue weighted by atomic mass is 9.99. The van der Waals surface area contributed by atoms with Gasteiger partial charge in [0, 0.05) is 11.1 Å². The molecule has 0 fully saturated rings. The lowest BCUT2D eigenvalue weighted by molar-refractivity contribution is -0.0521. The number of amides is 2. The normalized spacial score (nSPS) is 11.4. The maximum atomic E-state index is 13.3. The Morgan fingerprint density at radius 3 is 2.43 bits per heavy atom. The summed E-state index contributed by atoms with van der Waals surface area (Å²) >= 11 is 0. The molecular weight excluding hydrogens is 391 g/mol. The lowest BCUT2D eigenvalue weighted by Gasteiger charge is -2.13. The minimum atomic E-state index is -4.12. The van der Waals surface area contributed by atoms with Crippen LogP contribution in [0.25, 0.3) is 22.4 Å². The van der Waals surface area contributed by atoms with E-state index in [0.29, 0.717) is 5.56 Å². The molecule has 28 heavy (non-hydrogen) atoms. The number of urea groups is 1. The number of hydrogen-bond acceptors (Lipinski definition) is 6. The molecular formula is C17H15FN4O5S. The molecule has 0 aliphatic heterocycles. The molecule has 0 radical (unpaired) electrons. The van der Waals surface area contributed by atoms with Crippen molar-refractivity contribution in [2.45, 2.75) is 11.4 Å². The van der Waals surface area contributed by atoms with Crippen molar-refractivity contribution in [3.63, 3.8) is 0 Å². The van der Waals surface area contributed by atoms with E-state index in [2.05, 4.69) is 5.16 Å². The number of rotatable bonds is 5. The van der Waals surface area contributed by atoms with E-state index in [9.17, 15) is 22.8 Å². The summed E-state index contributed by atoms with van der Waals surface area (Å²) in [5, 5.41) is 19.1. The monoisotopic (exact) mass is 406 g/mol. The summed E-state index contributed by atoms with van der Waals surface area (Å²) in [5.74, 6) is -0.522. The zero-order valence-electron chi connectivity index (χ0n) is 14.2. The Morgan fingerprint density at radius 1 is 1.18 bits per heavy atom. The van der Waals surface area contributed by atoms with Crippen LogP contribution in [0.2, 0.25) is 0 Å². The Hall–Kier alpha value is -3.28. The lowest BCUT2D eigenvalue weighted by Crippen LogP contribution is -2.32. The van der Waals surface area contributed by atoms with E-state index in [1.165, 1.54) is 42.5 Å². The first-order valence-corrected chi connectivity index (χ1v) is 9.35. The van der Waals surface area contributed by atoms with Crippen LogP contribution in [0.15, 0.2) is 57.9 Å². The van der Waals surface area contributed by atoms with Crippen LogP contribution in [0, 0.1) is 5.82 Å². The molecule has 0 bridgehead atoms. The average Bonchev–Trinajstić information content (AvgIpc) is 3.05. The third-order valence-electron chi connectivity index (χ3n) is 3.89. The van der Waals surface area contributed by atoms with Gasteiger partial charge in [0.25, 0.3) is 0 Å². The molecule has 0 saturated carbocycles. The van der Waals surface area contributed by atoms with Gasteiger partial charge in [0.1, 0.15) is 18.1 Å². The molecule has 9 nitrogen and oxygen atoms in total. The molecule has 0 aliphatic carbocycles. The van der Waals surface area contributed by atoms with Crippen molar-refractivity contribution >= 4 is 16.1 Å². The number of carbonyl (C=O) groups excluding carboxylic acids is 1. The van der Waals surface area contributed by atoms with E-state index in [0.717, 1.165) is 0 Å². The second-order valence-corrected chi connectivity index (χ2v) is 7.30. The van der Waals surface area contributed by atoms with Gasteiger partial charge in [-0.1, -0.05) is 23.4 Å². The number of halogens is 1. The number of hydrogen-bond donors (Lipinski definition) is 3. The summed E-state index contributed by atoms with van der Waals surface area (Å²) in [5.41, 5.74) is 5.91. The van der Waals surface area contributed by atoms with Crippen molar-refractivity contribution in [1.82, 2.24) is 10.2 Å². The molecule has 2 amide bonds. The summed E-state index contributed by atoms with van der Waals surface area (Å²) in [4.78, 5) is 11.0. The zero-order chi connectivity index (χ0) is 20.5. The highest BCUT2D eigenvalue weighted by Crippen LogP contribution is 2.38. The van der Waals surface area contributed by atoms with E-state index >= 15 is 0 Å². The molecule has 146 valence electrons. The van der Waals surface area contributed by atoms with Gasteiger partial charge in [-0.25, -0.2) is 22.7 Å². The molecule has 0 unspecified atom stereocenters. The molecule has 0 saturated heterocycles. The smallest absolute Gasteiger partial charge is 0.338 e. The molecule has 3 rings (SSSR count). The second-order valence-electron chi connectivity index (χ2n) is 5.77. The molecule has 5 N–H and O–H groups in total. The Morgan fingerprint density at radius 2 is 1.82 bits per heavy atom. The predicted octanol–water partition coefficient (Wildman–Crippen LogP) is 2.07. The molecule has 1 aromatic heterocycles. The van der Waals surface area contributed by atoms with Crippen molar-refractivity contribution in [2.24, 2.45) is 10.9 Å². The first kappa shape index (κ1) is 19.5. The van der Waals surface area contributed by atoms with Gasteiger partial charge in [-0.2, -0.15) is 5.06 Å². The summed E-state index contributed by atoms with van der Waals surface area (Å²) in [7, 11) is -4.12. The number of sulfonamides is 1.